The molecule has 0 unspecified atom stereocenters. The van der Waals surface area contributed by atoms with Gasteiger partial charge >= 0.3 is 0 Å². The number of para-hydroxylation sites is 1. The first-order valence-electron chi connectivity index (χ1n) is 10.3. The fraction of sp³-hybridized carbons (Fsp3) is 0.381. The molecule has 2 heterocycles. The lowest BCUT2D eigenvalue weighted by Gasteiger charge is -2.30. The summed E-state index contributed by atoms with van der Waals surface area (Å²) in [6.45, 7) is 0.846. The van der Waals surface area contributed by atoms with Crippen molar-refractivity contribution in [3.63, 3.8) is 0 Å². The van der Waals surface area contributed by atoms with Gasteiger partial charge in [-0.1, -0.05) is 12.1 Å². The molecule has 0 amide bonds. The molecule has 1 N–H and O–H groups in total. The molecule has 2 aromatic carbocycles. The van der Waals surface area contributed by atoms with Crippen molar-refractivity contribution in [1.82, 2.24) is 14.0 Å². The maximum atomic E-state index is 13.1. The maximum Gasteiger partial charge on any atom is 0.243 e. The highest BCUT2D eigenvalue weighted by molar-refractivity contribution is 7.89. The molecule has 7 nitrogen and oxygen atoms in total. The molecule has 0 bridgehead atoms. The van der Waals surface area contributed by atoms with Gasteiger partial charge in [-0.05, 0) is 62.1 Å². The molecule has 10 heteroatoms. The molecular formula is C21H23N3O4S3. The van der Waals surface area contributed by atoms with E-state index in [4.69, 9.17) is 4.98 Å². The standard InChI is InChI=1S/C21H23N3O4S3/c25-30(26,23-16-5-6-16)17-7-9-18(10-8-17)31(27,28)24-13-11-15(12-14-24)21-22-19-3-1-2-4-20(19)29-21/h1-4,7-10,15-16,23H,5-6,11-14H2. The fourth-order valence-corrected chi connectivity index (χ4v) is 7.75. The second kappa shape index (κ2) is 7.93. The molecule has 2 fully saturated rings. The minimum Gasteiger partial charge on any atom is -0.241 e. The molecule has 1 aliphatic heterocycles. The Hall–Kier alpha value is -1.85. The van der Waals surface area contributed by atoms with Crippen LogP contribution >= 0.6 is 11.3 Å². The quantitative estimate of drug-likeness (QED) is 0.588. The molecular weight excluding hydrogens is 454 g/mol. The summed E-state index contributed by atoms with van der Waals surface area (Å²) in [4.78, 5) is 4.94. The highest BCUT2D eigenvalue weighted by atomic mass is 32.2. The summed E-state index contributed by atoms with van der Waals surface area (Å²) < 4.78 is 56.0. The number of thiazole rings is 1. The van der Waals surface area contributed by atoms with Gasteiger partial charge in [0, 0.05) is 25.0 Å². The SMILES string of the molecule is O=S(=O)(NC1CC1)c1ccc(S(=O)(=O)N2CCC(c3nc4ccccc4s3)CC2)cc1. The lowest BCUT2D eigenvalue weighted by molar-refractivity contribution is 0.319. The van der Waals surface area contributed by atoms with Crippen LogP contribution in [0.25, 0.3) is 10.2 Å². The first kappa shape index (κ1) is 21.0. The average Bonchev–Trinajstić information content (AvgIpc) is 3.47. The zero-order chi connectivity index (χ0) is 21.6. The third-order valence-electron chi connectivity index (χ3n) is 5.78. The van der Waals surface area contributed by atoms with Crippen LogP contribution in [-0.2, 0) is 20.0 Å². The molecule has 0 spiro atoms. The molecule has 1 aliphatic carbocycles. The van der Waals surface area contributed by atoms with Crippen molar-refractivity contribution in [1.29, 1.82) is 0 Å². The summed E-state index contributed by atoms with van der Waals surface area (Å²) in [7, 11) is -7.26. The molecule has 1 aromatic heterocycles. The third-order valence-corrected chi connectivity index (χ3v) is 10.4. The third kappa shape index (κ3) is 4.27. The average molecular weight is 478 g/mol. The lowest BCUT2D eigenvalue weighted by Crippen LogP contribution is -2.37. The second-order valence-corrected chi connectivity index (χ2v) is 12.8. The van der Waals surface area contributed by atoms with E-state index in [-0.39, 0.29) is 21.8 Å². The minimum absolute atomic E-state index is 0.00475. The highest BCUT2D eigenvalue weighted by Crippen LogP contribution is 2.35. The van der Waals surface area contributed by atoms with E-state index >= 15 is 0 Å². The number of sulfonamides is 2. The Bertz CT molecular complexity index is 1270. The summed E-state index contributed by atoms with van der Waals surface area (Å²) in [6, 6.07) is 13.5. The van der Waals surface area contributed by atoms with E-state index in [0.717, 1.165) is 40.9 Å². The Morgan fingerprint density at radius 2 is 1.52 bits per heavy atom. The highest BCUT2D eigenvalue weighted by Gasteiger charge is 2.32. The first-order valence-corrected chi connectivity index (χ1v) is 14.0. The topological polar surface area (TPSA) is 96.4 Å². The van der Waals surface area contributed by atoms with Gasteiger partial charge in [0.25, 0.3) is 0 Å². The number of piperidine rings is 1. The van der Waals surface area contributed by atoms with Crippen molar-refractivity contribution in [2.24, 2.45) is 0 Å². The predicted octanol–water partition coefficient (Wildman–Crippen LogP) is 3.31. The molecule has 5 rings (SSSR count). The van der Waals surface area contributed by atoms with E-state index < -0.39 is 20.0 Å². The largest absolute Gasteiger partial charge is 0.243 e. The van der Waals surface area contributed by atoms with Crippen LogP contribution in [0.15, 0.2) is 58.3 Å². The van der Waals surface area contributed by atoms with Gasteiger partial charge in [0.2, 0.25) is 20.0 Å². The van der Waals surface area contributed by atoms with Crippen LogP contribution in [0.2, 0.25) is 0 Å². The number of hydrogen-bond donors (Lipinski definition) is 1. The van der Waals surface area contributed by atoms with Crippen LogP contribution in [0.3, 0.4) is 0 Å². The Balaban J connectivity index is 1.28. The van der Waals surface area contributed by atoms with Crippen LogP contribution in [0.5, 0.6) is 0 Å². The number of hydrogen-bond acceptors (Lipinski definition) is 6. The summed E-state index contributed by atoms with van der Waals surface area (Å²) >= 11 is 1.68. The van der Waals surface area contributed by atoms with E-state index in [2.05, 4.69) is 10.8 Å². The zero-order valence-corrected chi connectivity index (χ0v) is 19.2. The fourth-order valence-electron chi connectivity index (χ4n) is 3.84. The molecule has 1 saturated heterocycles. The van der Waals surface area contributed by atoms with Gasteiger partial charge in [-0.25, -0.2) is 26.5 Å². The van der Waals surface area contributed by atoms with E-state index in [9.17, 15) is 16.8 Å². The van der Waals surface area contributed by atoms with E-state index in [1.165, 1.54) is 28.6 Å². The van der Waals surface area contributed by atoms with Crippen LogP contribution in [0.1, 0.15) is 36.6 Å². The van der Waals surface area contributed by atoms with E-state index in [1.807, 2.05) is 18.2 Å². The van der Waals surface area contributed by atoms with Gasteiger partial charge in [-0.3, -0.25) is 0 Å². The lowest BCUT2D eigenvalue weighted by atomic mass is 9.99. The first-order chi connectivity index (χ1) is 14.8. The number of rotatable bonds is 6. The van der Waals surface area contributed by atoms with Gasteiger partial charge in [-0.2, -0.15) is 4.31 Å². The van der Waals surface area contributed by atoms with Crippen LogP contribution < -0.4 is 4.72 Å². The molecule has 3 aromatic rings. The van der Waals surface area contributed by atoms with Crippen molar-refractivity contribution in [2.75, 3.05) is 13.1 Å². The summed E-state index contributed by atoms with van der Waals surface area (Å²) in [6.07, 6.45) is 3.13. The van der Waals surface area contributed by atoms with Crippen molar-refractivity contribution in [3.05, 3.63) is 53.5 Å². The molecule has 2 aliphatic rings. The van der Waals surface area contributed by atoms with Crippen LogP contribution in [0.4, 0.5) is 0 Å². The van der Waals surface area contributed by atoms with Crippen molar-refractivity contribution in [2.45, 2.75) is 47.4 Å². The van der Waals surface area contributed by atoms with Crippen LogP contribution in [0, 0.1) is 0 Å². The van der Waals surface area contributed by atoms with Gasteiger partial charge in [-0.15, -0.1) is 11.3 Å². The van der Waals surface area contributed by atoms with Gasteiger partial charge in [0.15, 0.2) is 0 Å². The van der Waals surface area contributed by atoms with Crippen molar-refractivity contribution in [3.8, 4) is 0 Å². The minimum atomic E-state index is -3.66. The van der Waals surface area contributed by atoms with Crippen molar-refractivity contribution < 1.29 is 16.8 Å². The van der Waals surface area contributed by atoms with Gasteiger partial charge < -0.3 is 0 Å². The summed E-state index contributed by atoms with van der Waals surface area (Å²) in [5.74, 6) is 0.255. The van der Waals surface area contributed by atoms with E-state index in [1.54, 1.807) is 11.3 Å². The summed E-state index contributed by atoms with van der Waals surface area (Å²) in [5.41, 5.74) is 0.990. The maximum absolute atomic E-state index is 13.1. The Kier molecular flexibility index (Phi) is 5.38. The number of nitrogens with one attached hydrogen (secondary N) is 1. The summed E-state index contributed by atoms with van der Waals surface area (Å²) in [5, 5.41) is 1.07. The second-order valence-electron chi connectivity index (χ2n) is 8.07. The van der Waals surface area contributed by atoms with Crippen molar-refractivity contribution >= 4 is 41.6 Å². The van der Waals surface area contributed by atoms with Gasteiger partial charge in [0.1, 0.15) is 0 Å². The molecule has 1 saturated carbocycles. The number of benzene rings is 2. The smallest absolute Gasteiger partial charge is 0.241 e. The Morgan fingerprint density at radius 3 is 2.16 bits per heavy atom. The Labute approximate surface area is 186 Å². The molecule has 164 valence electrons. The normalized spacial score (nSPS) is 19.1. The van der Waals surface area contributed by atoms with E-state index in [0.29, 0.717) is 13.1 Å². The van der Waals surface area contributed by atoms with Crippen LogP contribution in [-0.4, -0.2) is 45.3 Å². The van der Waals surface area contributed by atoms with Gasteiger partial charge in [0.05, 0.1) is 25.0 Å². The number of nitrogens with zero attached hydrogens (tertiary/aromatic N) is 2. The zero-order valence-electron chi connectivity index (χ0n) is 16.8. The molecule has 31 heavy (non-hydrogen) atoms. The Morgan fingerprint density at radius 1 is 0.871 bits per heavy atom. The number of aromatic nitrogens is 1. The number of fused-ring (bicyclic) bond motifs is 1. The monoisotopic (exact) mass is 477 g/mol. The molecule has 0 radical (unpaired) electrons. The predicted molar refractivity (Wildman–Crippen MR) is 120 cm³/mol. The molecule has 0 atom stereocenters.